The molecule has 9 heteroatoms. The Hall–Kier alpha value is -3.34. The molecule has 6 aromatic rings. The standard InChI is InChI=1S/C17H14BrNO2S.C15H10BrNOS/c1-20-11-21-15-8-6-12(10-13(15)18)7-9-17-19-14-4-2-3-5-16(14)22-17;16-11-9-10(5-7-13(11)18)6-8-15-17-12-3-1-2-4-14(12)19-15/h2-10H,11H2,1H3;1-9,18H/b9-7+;8-6+. The average molecular weight is 708 g/mol. The minimum atomic E-state index is 0.236. The van der Waals surface area contributed by atoms with Crippen molar-refractivity contribution in [2.45, 2.75) is 0 Å². The molecule has 1 N–H and O–H groups in total. The van der Waals surface area contributed by atoms with Crippen molar-refractivity contribution < 1.29 is 14.6 Å². The first kappa shape index (κ1) is 29.2. The molecule has 206 valence electrons. The number of fused-ring (bicyclic) bond motifs is 2. The number of ether oxygens (including phenoxy) is 2. The molecule has 0 amide bonds. The van der Waals surface area contributed by atoms with E-state index < -0.39 is 0 Å². The summed E-state index contributed by atoms with van der Waals surface area (Å²) in [6.45, 7) is 0.236. The minimum absolute atomic E-state index is 0.236. The lowest BCUT2D eigenvalue weighted by Crippen LogP contribution is -1.99. The number of benzene rings is 4. The van der Waals surface area contributed by atoms with Crippen LogP contribution in [0.3, 0.4) is 0 Å². The highest BCUT2D eigenvalue weighted by atomic mass is 79.9. The third-order valence-electron chi connectivity index (χ3n) is 5.72. The molecule has 4 aromatic carbocycles. The Morgan fingerprint density at radius 3 is 1.76 bits per heavy atom. The van der Waals surface area contributed by atoms with Crippen LogP contribution in [0, 0.1) is 0 Å². The Balaban J connectivity index is 0.000000166. The zero-order chi connectivity index (χ0) is 28.6. The van der Waals surface area contributed by atoms with E-state index in [1.165, 1.54) is 9.40 Å². The Kier molecular flexibility index (Phi) is 9.97. The normalized spacial score (nSPS) is 11.4. The van der Waals surface area contributed by atoms with Gasteiger partial charge in [-0.3, -0.25) is 0 Å². The number of para-hydroxylation sites is 2. The maximum absolute atomic E-state index is 9.44. The van der Waals surface area contributed by atoms with Crippen LogP contribution < -0.4 is 4.74 Å². The van der Waals surface area contributed by atoms with Crippen molar-refractivity contribution in [2.24, 2.45) is 0 Å². The maximum Gasteiger partial charge on any atom is 0.188 e. The van der Waals surface area contributed by atoms with Gasteiger partial charge in [-0.15, -0.1) is 22.7 Å². The third kappa shape index (κ3) is 7.90. The molecule has 0 aliphatic rings. The Labute approximate surface area is 262 Å². The molecule has 0 saturated heterocycles. The van der Waals surface area contributed by atoms with Crippen molar-refractivity contribution in [3.05, 3.63) is 115 Å². The van der Waals surface area contributed by atoms with E-state index in [2.05, 4.69) is 54.0 Å². The van der Waals surface area contributed by atoms with Gasteiger partial charge < -0.3 is 14.6 Å². The number of halogens is 2. The summed E-state index contributed by atoms with van der Waals surface area (Å²) in [5.74, 6) is 1.01. The van der Waals surface area contributed by atoms with E-state index in [4.69, 9.17) is 9.47 Å². The van der Waals surface area contributed by atoms with E-state index in [9.17, 15) is 5.11 Å². The molecule has 0 radical (unpaired) electrons. The molecule has 2 aromatic heterocycles. The molecule has 0 fully saturated rings. The topological polar surface area (TPSA) is 64.5 Å². The number of rotatable bonds is 7. The number of phenolic OH excluding ortho intramolecular Hbond substituents is 1. The minimum Gasteiger partial charge on any atom is -0.507 e. The van der Waals surface area contributed by atoms with Crippen molar-refractivity contribution in [2.75, 3.05) is 13.9 Å². The summed E-state index contributed by atoms with van der Waals surface area (Å²) in [5, 5.41) is 11.4. The molecule has 0 atom stereocenters. The van der Waals surface area contributed by atoms with Crippen LogP contribution in [0.2, 0.25) is 0 Å². The van der Waals surface area contributed by atoms with Crippen LogP contribution in [0.25, 0.3) is 44.7 Å². The number of thiazole rings is 2. The fourth-order valence-corrected chi connectivity index (χ4v) is 6.39. The van der Waals surface area contributed by atoms with Crippen LogP contribution in [-0.2, 0) is 4.74 Å². The predicted molar refractivity (Wildman–Crippen MR) is 180 cm³/mol. The van der Waals surface area contributed by atoms with Gasteiger partial charge in [0.05, 0.1) is 29.4 Å². The fourth-order valence-electron chi connectivity index (χ4n) is 3.74. The van der Waals surface area contributed by atoms with Crippen molar-refractivity contribution in [3.8, 4) is 11.5 Å². The lowest BCUT2D eigenvalue weighted by Gasteiger charge is -2.07. The zero-order valence-electron chi connectivity index (χ0n) is 21.8. The first-order chi connectivity index (χ1) is 20.0. The molecule has 2 heterocycles. The van der Waals surface area contributed by atoms with Gasteiger partial charge in [-0.1, -0.05) is 48.6 Å². The predicted octanol–water partition coefficient (Wildman–Crippen LogP) is 10.1. The van der Waals surface area contributed by atoms with Gasteiger partial charge in [0.2, 0.25) is 0 Å². The Bertz CT molecular complexity index is 1780. The molecular formula is C32H24Br2N2O3S2. The zero-order valence-corrected chi connectivity index (χ0v) is 26.6. The summed E-state index contributed by atoms with van der Waals surface area (Å²) in [7, 11) is 1.60. The van der Waals surface area contributed by atoms with Gasteiger partial charge in [0.15, 0.2) is 6.79 Å². The quantitative estimate of drug-likeness (QED) is 0.167. The fraction of sp³-hybridized carbons (Fsp3) is 0.0625. The van der Waals surface area contributed by atoms with E-state index >= 15 is 0 Å². The Morgan fingerprint density at radius 2 is 1.24 bits per heavy atom. The van der Waals surface area contributed by atoms with Crippen LogP contribution in [-0.4, -0.2) is 29.0 Å². The Morgan fingerprint density at radius 1 is 0.707 bits per heavy atom. The SMILES string of the molecule is COCOc1ccc(/C=C/c2nc3ccccc3s2)cc1Br.Oc1ccc(/C=C/c2nc3ccccc3s2)cc1Br. The van der Waals surface area contributed by atoms with Crippen LogP contribution in [0.15, 0.2) is 93.9 Å². The first-order valence-electron chi connectivity index (χ1n) is 12.5. The van der Waals surface area contributed by atoms with Gasteiger partial charge in [-0.2, -0.15) is 0 Å². The van der Waals surface area contributed by atoms with Gasteiger partial charge in [0.25, 0.3) is 0 Å². The summed E-state index contributed by atoms with van der Waals surface area (Å²) in [5.41, 5.74) is 4.16. The van der Waals surface area contributed by atoms with E-state index in [1.54, 1.807) is 35.8 Å². The summed E-state index contributed by atoms with van der Waals surface area (Å²) >= 11 is 10.2. The van der Waals surface area contributed by atoms with Crippen LogP contribution >= 0.6 is 54.5 Å². The van der Waals surface area contributed by atoms with Gasteiger partial charge >= 0.3 is 0 Å². The number of phenols is 1. The van der Waals surface area contributed by atoms with Crippen molar-refractivity contribution in [1.29, 1.82) is 0 Å². The first-order valence-corrected chi connectivity index (χ1v) is 15.7. The summed E-state index contributed by atoms with van der Waals surface area (Å²) in [6, 6.07) is 27.6. The second-order valence-electron chi connectivity index (χ2n) is 8.66. The highest BCUT2D eigenvalue weighted by Gasteiger charge is 2.03. The van der Waals surface area contributed by atoms with E-state index in [0.717, 1.165) is 42.4 Å². The van der Waals surface area contributed by atoms with Gasteiger partial charge in [-0.25, -0.2) is 9.97 Å². The second kappa shape index (κ2) is 14.0. The van der Waals surface area contributed by atoms with E-state index in [0.29, 0.717) is 4.47 Å². The lowest BCUT2D eigenvalue weighted by atomic mass is 10.2. The van der Waals surface area contributed by atoms with Gasteiger partial charge in [0, 0.05) is 7.11 Å². The number of aromatic hydroxyl groups is 1. The van der Waals surface area contributed by atoms with E-state index in [1.807, 2.05) is 91.0 Å². The largest absolute Gasteiger partial charge is 0.507 e. The molecule has 5 nitrogen and oxygen atoms in total. The molecule has 0 spiro atoms. The lowest BCUT2D eigenvalue weighted by molar-refractivity contribution is 0.0506. The monoisotopic (exact) mass is 706 g/mol. The van der Waals surface area contributed by atoms with Crippen LogP contribution in [0.4, 0.5) is 0 Å². The molecule has 0 aliphatic heterocycles. The van der Waals surface area contributed by atoms with Crippen LogP contribution in [0.5, 0.6) is 11.5 Å². The molecule has 0 aliphatic carbocycles. The number of nitrogens with zero attached hydrogens (tertiary/aromatic N) is 2. The third-order valence-corrected chi connectivity index (χ3v) is 8.98. The summed E-state index contributed by atoms with van der Waals surface area (Å²) in [6.07, 6.45) is 8.05. The highest BCUT2D eigenvalue weighted by Crippen LogP contribution is 2.29. The number of methoxy groups -OCH3 is 1. The molecule has 6 rings (SSSR count). The van der Waals surface area contributed by atoms with Crippen molar-refractivity contribution in [1.82, 2.24) is 9.97 Å². The molecule has 41 heavy (non-hydrogen) atoms. The molecule has 0 bridgehead atoms. The second-order valence-corrected chi connectivity index (χ2v) is 12.5. The highest BCUT2D eigenvalue weighted by molar-refractivity contribution is 9.10. The number of hydrogen-bond donors (Lipinski definition) is 1. The maximum atomic E-state index is 9.44. The van der Waals surface area contributed by atoms with Crippen molar-refractivity contribution >= 4 is 99.3 Å². The molecular weight excluding hydrogens is 684 g/mol. The van der Waals surface area contributed by atoms with Gasteiger partial charge in [0.1, 0.15) is 21.5 Å². The summed E-state index contributed by atoms with van der Waals surface area (Å²) in [4.78, 5) is 9.13. The average Bonchev–Trinajstić information content (AvgIpc) is 3.60. The van der Waals surface area contributed by atoms with Crippen molar-refractivity contribution in [3.63, 3.8) is 0 Å². The molecule has 0 unspecified atom stereocenters. The smallest absolute Gasteiger partial charge is 0.188 e. The summed E-state index contributed by atoms with van der Waals surface area (Å²) < 4.78 is 14.3. The number of aromatic nitrogens is 2. The van der Waals surface area contributed by atoms with Crippen LogP contribution in [0.1, 0.15) is 21.1 Å². The van der Waals surface area contributed by atoms with E-state index in [-0.39, 0.29) is 12.5 Å². The van der Waals surface area contributed by atoms with Gasteiger partial charge in [-0.05, 0) is 104 Å². The molecule has 0 saturated carbocycles. The number of hydrogen-bond acceptors (Lipinski definition) is 7.